The van der Waals surface area contributed by atoms with E-state index in [4.69, 9.17) is 9.52 Å². The van der Waals surface area contributed by atoms with Gasteiger partial charge in [0.05, 0.1) is 18.7 Å². The lowest BCUT2D eigenvalue weighted by atomic mass is 10.1. The van der Waals surface area contributed by atoms with E-state index in [1.165, 1.54) is 12.3 Å². The molecule has 1 rings (SSSR count). The van der Waals surface area contributed by atoms with Gasteiger partial charge in [-0.05, 0) is 12.1 Å². The first-order valence-electron chi connectivity index (χ1n) is 4.24. The zero-order valence-corrected chi connectivity index (χ0v) is 7.77. The zero-order chi connectivity index (χ0) is 11.3. The molecule has 0 aromatic carbocycles. The highest BCUT2D eigenvalue weighted by molar-refractivity contribution is 5.78. The molecule has 5 nitrogen and oxygen atoms in total. The Morgan fingerprint density at radius 1 is 1.60 bits per heavy atom. The largest absolute Gasteiger partial charge is 0.481 e. The number of alkyl halides is 1. The van der Waals surface area contributed by atoms with Gasteiger partial charge in [-0.2, -0.15) is 0 Å². The van der Waals surface area contributed by atoms with Gasteiger partial charge in [-0.15, -0.1) is 0 Å². The van der Waals surface area contributed by atoms with Gasteiger partial charge in [-0.25, -0.2) is 4.39 Å². The number of carbonyl (C=O) groups excluding carboxylic acids is 1. The second-order valence-electron chi connectivity index (χ2n) is 2.87. The highest BCUT2D eigenvalue weighted by atomic mass is 19.1. The summed E-state index contributed by atoms with van der Waals surface area (Å²) in [4.78, 5) is 21.3. The molecule has 15 heavy (non-hydrogen) atoms. The molecule has 6 heteroatoms. The molecule has 0 spiro atoms. The van der Waals surface area contributed by atoms with Gasteiger partial charge in [0.25, 0.3) is 5.91 Å². The molecule has 1 aromatic heterocycles. The Bertz CT molecular complexity index is 336. The number of hydrogen-bond donors (Lipinski definition) is 2. The van der Waals surface area contributed by atoms with E-state index in [0.717, 1.165) is 0 Å². The molecule has 1 aromatic rings. The number of halogens is 1. The van der Waals surface area contributed by atoms with Gasteiger partial charge < -0.3 is 14.8 Å². The number of hydrogen-bond acceptors (Lipinski definition) is 3. The molecule has 1 amide bonds. The number of carbonyl (C=O) groups is 2. The predicted molar refractivity (Wildman–Crippen MR) is 47.8 cm³/mol. The Labute approximate surface area is 84.9 Å². The second kappa shape index (κ2) is 5.14. The lowest BCUT2D eigenvalue weighted by Crippen LogP contribution is -2.30. The molecule has 0 aliphatic carbocycles. The highest BCUT2D eigenvalue weighted by Gasteiger charge is 2.19. The third kappa shape index (κ3) is 3.41. The number of carboxylic acid groups (broad SMARTS) is 1. The van der Waals surface area contributed by atoms with Crippen molar-refractivity contribution in [1.82, 2.24) is 5.32 Å². The standard InChI is InChI=1S/C9H10FNO4/c10-5-8(12)11-6(4-9(13)14)7-2-1-3-15-7/h1-3,6H,4-5H2,(H,11,12)(H,13,14). The van der Waals surface area contributed by atoms with Gasteiger partial charge in [-0.1, -0.05) is 0 Å². The summed E-state index contributed by atoms with van der Waals surface area (Å²) in [6, 6.07) is 2.25. The van der Waals surface area contributed by atoms with Crippen LogP contribution in [0, 0.1) is 0 Å². The van der Waals surface area contributed by atoms with Crippen molar-refractivity contribution in [2.75, 3.05) is 6.67 Å². The number of aliphatic carboxylic acids is 1. The average Bonchev–Trinajstić information content (AvgIpc) is 2.68. The van der Waals surface area contributed by atoms with Gasteiger partial charge >= 0.3 is 5.97 Å². The SMILES string of the molecule is O=C(O)CC(NC(=O)CF)c1ccco1. The smallest absolute Gasteiger partial charge is 0.305 e. The van der Waals surface area contributed by atoms with Gasteiger partial charge in [-0.3, -0.25) is 9.59 Å². The molecule has 0 saturated carbocycles. The number of rotatable bonds is 5. The van der Waals surface area contributed by atoms with Crippen LogP contribution in [-0.2, 0) is 9.59 Å². The lowest BCUT2D eigenvalue weighted by Gasteiger charge is -2.12. The third-order valence-electron chi connectivity index (χ3n) is 1.72. The maximum Gasteiger partial charge on any atom is 0.305 e. The maximum atomic E-state index is 11.9. The number of amides is 1. The topological polar surface area (TPSA) is 79.5 Å². The summed E-state index contributed by atoms with van der Waals surface area (Å²) in [6.45, 7) is -1.18. The molecule has 0 fully saturated rings. The van der Waals surface area contributed by atoms with Crippen LogP contribution >= 0.6 is 0 Å². The van der Waals surface area contributed by atoms with Crippen molar-refractivity contribution >= 4 is 11.9 Å². The minimum Gasteiger partial charge on any atom is -0.481 e. The molecule has 82 valence electrons. The van der Waals surface area contributed by atoms with Gasteiger partial charge in [0.15, 0.2) is 6.67 Å². The van der Waals surface area contributed by atoms with E-state index in [0.29, 0.717) is 5.76 Å². The molecule has 1 heterocycles. The first-order valence-corrected chi connectivity index (χ1v) is 4.24. The zero-order valence-electron chi connectivity index (χ0n) is 7.77. The molecular formula is C9H10FNO4. The van der Waals surface area contributed by atoms with E-state index < -0.39 is 24.6 Å². The third-order valence-corrected chi connectivity index (χ3v) is 1.72. The minimum atomic E-state index is -1.18. The summed E-state index contributed by atoms with van der Waals surface area (Å²) in [5, 5.41) is 10.8. The van der Waals surface area contributed by atoms with Crippen LogP contribution in [0.15, 0.2) is 22.8 Å². The Balaban J connectivity index is 2.70. The van der Waals surface area contributed by atoms with Gasteiger partial charge in [0.1, 0.15) is 5.76 Å². The number of carboxylic acids is 1. The van der Waals surface area contributed by atoms with Crippen LogP contribution in [0.5, 0.6) is 0 Å². The normalized spacial score (nSPS) is 12.1. The minimum absolute atomic E-state index is 0.291. The fourth-order valence-electron chi connectivity index (χ4n) is 1.12. The quantitative estimate of drug-likeness (QED) is 0.764. The van der Waals surface area contributed by atoms with Crippen molar-refractivity contribution in [3.8, 4) is 0 Å². The van der Waals surface area contributed by atoms with E-state index in [9.17, 15) is 14.0 Å². The molecule has 0 saturated heterocycles. The van der Waals surface area contributed by atoms with E-state index >= 15 is 0 Å². The van der Waals surface area contributed by atoms with Crippen molar-refractivity contribution in [2.45, 2.75) is 12.5 Å². The van der Waals surface area contributed by atoms with Gasteiger partial charge in [0.2, 0.25) is 0 Å². The van der Waals surface area contributed by atoms with Gasteiger partial charge in [0, 0.05) is 0 Å². The lowest BCUT2D eigenvalue weighted by molar-refractivity contribution is -0.138. The monoisotopic (exact) mass is 215 g/mol. The van der Waals surface area contributed by atoms with Crippen LogP contribution in [0.2, 0.25) is 0 Å². The Morgan fingerprint density at radius 3 is 2.80 bits per heavy atom. The predicted octanol–water partition coefficient (Wildman–Crippen LogP) is 0.881. The fraction of sp³-hybridized carbons (Fsp3) is 0.333. The molecule has 1 atom stereocenters. The van der Waals surface area contributed by atoms with Crippen LogP contribution in [-0.4, -0.2) is 23.7 Å². The second-order valence-corrected chi connectivity index (χ2v) is 2.87. The van der Waals surface area contributed by atoms with E-state index in [-0.39, 0.29) is 6.42 Å². The van der Waals surface area contributed by atoms with Crippen LogP contribution < -0.4 is 5.32 Å². The van der Waals surface area contributed by atoms with Crippen molar-refractivity contribution in [3.05, 3.63) is 24.2 Å². The summed E-state index contributed by atoms with van der Waals surface area (Å²) < 4.78 is 16.9. The van der Waals surface area contributed by atoms with Crippen molar-refractivity contribution in [2.24, 2.45) is 0 Å². The number of nitrogens with one attached hydrogen (secondary N) is 1. The first kappa shape index (κ1) is 11.2. The van der Waals surface area contributed by atoms with E-state index in [1.54, 1.807) is 6.07 Å². The summed E-state index contributed by atoms with van der Waals surface area (Å²) in [6.07, 6.45) is 1.00. The van der Waals surface area contributed by atoms with Crippen LogP contribution in [0.1, 0.15) is 18.2 Å². The Hall–Kier alpha value is -1.85. The average molecular weight is 215 g/mol. The van der Waals surface area contributed by atoms with Crippen molar-refractivity contribution in [1.29, 1.82) is 0 Å². The molecule has 0 aliphatic rings. The molecule has 1 unspecified atom stereocenters. The summed E-state index contributed by atoms with van der Waals surface area (Å²) >= 11 is 0. The summed E-state index contributed by atoms with van der Waals surface area (Å²) in [5.41, 5.74) is 0. The molecule has 0 radical (unpaired) electrons. The Morgan fingerprint density at radius 2 is 2.33 bits per heavy atom. The van der Waals surface area contributed by atoms with Crippen LogP contribution in [0.25, 0.3) is 0 Å². The molecule has 0 aliphatic heterocycles. The molecule has 2 N–H and O–H groups in total. The summed E-state index contributed by atoms with van der Waals surface area (Å²) in [5.74, 6) is -1.67. The summed E-state index contributed by atoms with van der Waals surface area (Å²) in [7, 11) is 0. The van der Waals surface area contributed by atoms with Crippen molar-refractivity contribution < 1.29 is 23.5 Å². The van der Waals surface area contributed by atoms with Crippen LogP contribution in [0.4, 0.5) is 4.39 Å². The number of furan rings is 1. The Kier molecular flexibility index (Phi) is 3.84. The first-order chi connectivity index (χ1) is 7.13. The van der Waals surface area contributed by atoms with Crippen molar-refractivity contribution in [3.63, 3.8) is 0 Å². The highest BCUT2D eigenvalue weighted by Crippen LogP contribution is 2.17. The molecule has 0 bridgehead atoms. The fourth-order valence-corrected chi connectivity index (χ4v) is 1.12. The molecular weight excluding hydrogens is 205 g/mol. The maximum absolute atomic E-state index is 11.9. The van der Waals surface area contributed by atoms with Crippen LogP contribution in [0.3, 0.4) is 0 Å². The van der Waals surface area contributed by atoms with E-state index in [1.807, 2.05) is 0 Å². The van der Waals surface area contributed by atoms with E-state index in [2.05, 4.69) is 5.32 Å².